The maximum Gasteiger partial charge on any atom is 0.422 e. The molecule has 138 valence electrons. The summed E-state index contributed by atoms with van der Waals surface area (Å²) in [4.78, 5) is 16.7. The van der Waals surface area contributed by atoms with Crippen LogP contribution in [0.5, 0.6) is 5.88 Å². The van der Waals surface area contributed by atoms with E-state index >= 15 is 0 Å². The van der Waals surface area contributed by atoms with Gasteiger partial charge in [-0.15, -0.1) is 0 Å². The molecule has 0 radical (unpaired) electrons. The number of halogens is 3. The number of carbonyl (C=O) groups excluding carboxylic acids is 1. The molecule has 0 bridgehead atoms. The maximum absolute atomic E-state index is 12.8. The molecule has 2 fully saturated rings. The second kappa shape index (κ2) is 7.19. The van der Waals surface area contributed by atoms with E-state index < -0.39 is 18.2 Å². The van der Waals surface area contributed by atoms with E-state index in [1.807, 2.05) is 0 Å². The maximum atomic E-state index is 12.8. The average Bonchev–Trinajstić information content (AvgIpc) is 3.03. The van der Waals surface area contributed by atoms with E-state index in [0.717, 1.165) is 32.2 Å². The fourth-order valence-corrected chi connectivity index (χ4v) is 3.88. The standard InChI is InChI=1S/C17H22F3N3O2/c18-17(19,20)11-25-14-12(4-3-7-22-14)8-23-15(24)16-6-2-1-5-13(16)9-21-10-16/h3-4,7,13,21H,1-2,5-6,8-11H2,(H,23,24)/t13-,16+/m0/s1. The number of nitrogens with one attached hydrogen (secondary N) is 2. The molecule has 2 aliphatic rings. The highest BCUT2D eigenvalue weighted by molar-refractivity contribution is 5.84. The van der Waals surface area contributed by atoms with Crippen LogP contribution >= 0.6 is 0 Å². The number of carbonyl (C=O) groups is 1. The molecule has 1 aliphatic carbocycles. The molecule has 1 saturated heterocycles. The fourth-order valence-electron chi connectivity index (χ4n) is 3.88. The van der Waals surface area contributed by atoms with Crippen LogP contribution in [0.3, 0.4) is 0 Å². The first kappa shape index (κ1) is 18.0. The average molecular weight is 357 g/mol. The normalized spacial score (nSPS) is 26.1. The van der Waals surface area contributed by atoms with Crippen LogP contribution in [-0.2, 0) is 11.3 Å². The molecule has 2 N–H and O–H groups in total. The first-order valence-corrected chi connectivity index (χ1v) is 8.53. The van der Waals surface area contributed by atoms with Crippen molar-refractivity contribution < 1.29 is 22.7 Å². The molecule has 1 aliphatic heterocycles. The number of nitrogens with zero attached hydrogens (tertiary/aromatic N) is 1. The van der Waals surface area contributed by atoms with Crippen molar-refractivity contribution in [3.05, 3.63) is 23.9 Å². The zero-order valence-electron chi connectivity index (χ0n) is 13.9. The Morgan fingerprint density at radius 3 is 3.08 bits per heavy atom. The second-order valence-electron chi connectivity index (χ2n) is 6.78. The molecule has 1 aromatic rings. The fraction of sp³-hybridized carbons (Fsp3) is 0.647. The first-order chi connectivity index (χ1) is 11.9. The van der Waals surface area contributed by atoms with Crippen molar-refractivity contribution >= 4 is 5.91 Å². The lowest BCUT2D eigenvalue weighted by Crippen LogP contribution is -2.47. The van der Waals surface area contributed by atoms with E-state index in [1.54, 1.807) is 12.1 Å². The number of ether oxygens (including phenoxy) is 1. The third-order valence-corrected chi connectivity index (χ3v) is 5.15. The Morgan fingerprint density at radius 1 is 1.44 bits per heavy atom. The van der Waals surface area contributed by atoms with Crippen molar-refractivity contribution in [2.75, 3.05) is 19.7 Å². The Bertz CT molecular complexity index is 623. The van der Waals surface area contributed by atoms with Crippen molar-refractivity contribution in [3.8, 4) is 5.88 Å². The van der Waals surface area contributed by atoms with Crippen LogP contribution in [-0.4, -0.2) is 36.8 Å². The van der Waals surface area contributed by atoms with E-state index in [-0.39, 0.29) is 18.3 Å². The van der Waals surface area contributed by atoms with Crippen molar-refractivity contribution in [2.24, 2.45) is 11.3 Å². The number of alkyl halides is 3. The second-order valence-corrected chi connectivity index (χ2v) is 6.78. The topological polar surface area (TPSA) is 63.2 Å². The quantitative estimate of drug-likeness (QED) is 0.850. The molecule has 25 heavy (non-hydrogen) atoms. The molecule has 5 nitrogen and oxygen atoms in total. The van der Waals surface area contributed by atoms with Crippen LogP contribution in [0.25, 0.3) is 0 Å². The predicted molar refractivity (Wildman–Crippen MR) is 84.9 cm³/mol. The van der Waals surface area contributed by atoms with Crippen LogP contribution in [0.15, 0.2) is 18.3 Å². The Morgan fingerprint density at radius 2 is 2.28 bits per heavy atom. The molecule has 0 unspecified atom stereocenters. The van der Waals surface area contributed by atoms with Crippen molar-refractivity contribution in [1.82, 2.24) is 15.6 Å². The van der Waals surface area contributed by atoms with Crippen LogP contribution in [0.2, 0.25) is 0 Å². The Hall–Kier alpha value is -1.83. The van der Waals surface area contributed by atoms with Gasteiger partial charge in [0, 0.05) is 24.8 Å². The molecule has 2 heterocycles. The van der Waals surface area contributed by atoms with Gasteiger partial charge in [-0.3, -0.25) is 4.79 Å². The van der Waals surface area contributed by atoms with Gasteiger partial charge in [0.2, 0.25) is 11.8 Å². The number of aromatic nitrogens is 1. The van der Waals surface area contributed by atoms with Gasteiger partial charge in [0.05, 0.1) is 5.41 Å². The van der Waals surface area contributed by atoms with Gasteiger partial charge < -0.3 is 15.4 Å². The molecule has 8 heteroatoms. The molecule has 1 aromatic heterocycles. The number of hydrogen-bond acceptors (Lipinski definition) is 4. The van der Waals surface area contributed by atoms with Gasteiger partial charge in [-0.05, 0) is 31.4 Å². The van der Waals surface area contributed by atoms with Crippen molar-refractivity contribution in [3.63, 3.8) is 0 Å². The zero-order chi connectivity index (χ0) is 17.9. The Labute approximate surface area is 144 Å². The first-order valence-electron chi connectivity index (χ1n) is 8.53. The van der Waals surface area contributed by atoms with Crippen molar-refractivity contribution in [1.29, 1.82) is 0 Å². The molecular formula is C17H22F3N3O2. The lowest BCUT2D eigenvalue weighted by molar-refractivity contribution is -0.154. The lowest BCUT2D eigenvalue weighted by Gasteiger charge is -2.37. The minimum Gasteiger partial charge on any atom is -0.468 e. The minimum absolute atomic E-state index is 0.0344. The number of fused-ring (bicyclic) bond motifs is 1. The number of hydrogen-bond donors (Lipinski definition) is 2. The van der Waals surface area contributed by atoms with E-state index in [9.17, 15) is 18.0 Å². The van der Waals surface area contributed by atoms with Crippen molar-refractivity contribution in [2.45, 2.75) is 38.4 Å². The molecule has 0 spiro atoms. The van der Waals surface area contributed by atoms with Crippen LogP contribution in [0.4, 0.5) is 13.2 Å². The van der Waals surface area contributed by atoms with Gasteiger partial charge in [-0.2, -0.15) is 13.2 Å². The monoisotopic (exact) mass is 357 g/mol. The highest BCUT2D eigenvalue weighted by Gasteiger charge is 2.49. The van der Waals surface area contributed by atoms with E-state index in [4.69, 9.17) is 4.74 Å². The van der Waals surface area contributed by atoms with Crippen LogP contribution < -0.4 is 15.4 Å². The number of pyridine rings is 1. The van der Waals surface area contributed by atoms with E-state index in [1.165, 1.54) is 6.20 Å². The molecule has 3 rings (SSSR count). The van der Waals surface area contributed by atoms with Gasteiger partial charge in [-0.25, -0.2) is 4.98 Å². The summed E-state index contributed by atoms with van der Waals surface area (Å²) in [7, 11) is 0. The summed E-state index contributed by atoms with van der Waals surface area (Å²) in [6.07, 6.45) is 0.988. The van der Waals surface area contributed by atoms with Gasteiger partial charge in [0.1, 0.15) is 0 Å². The third-order valence-electron chi connectivity index (χ3n) is 5.15. The summed E-state index contributed by atoms with van der Waals surface area (Å²) in [6, 6.07) is 3.22. The highest BCUT2D eigenvalue weighted by Crippen LogP contribution is 2.44. The predicted octanol–water partition coefficient (Wildman–Crippen LogP) is 2.42. The van der Waals surface area contributed by atoms with Gasteiger partial charge in [0.15, 0.2) is 6.61 Å². The molecule has 1 amide bonds. The zero-order valence-corrected chi connectivity index (χ0v) is 13.9. The van der Waals surface area contributed by atoms with Gasteiger partial charge >= 0.3 is 6.18 Å². The van der Waals surface area contributed by atoms with E-state index in [0.29, 0.717) is 18.0 Å². The Kier molecular flexibility index (Phi) is 5.17. The summed E-state index contributed by atoms with van der Waals surface area (Å²) in [5.74, 6) is 0.200. The summed E-state index contributed by atoms with van der Waals surface area (Å²) < 4.78 is 41.8. The SMILES string of the molecule is O=C(NCc1cccnc1OCC(F)(F)F)[C@@]12CCCC[C@H]1CNC2. The summed E-state index contributed by atoms with van der Waals surface area (Å²) in [6.45, 7) is 0.212. The third kappa shape index (κ3) is 4.05. The van der Waals surface area contributed by atoms with Gasteiger partial charge in [-0.1, -0.05) is 18.9 Å². The number of amides is 1. The van der Waals surface area contributed by atoms with Gasteiger partial charge in [0.25, 0.3) is 0 Å². The summed E-state index contributed by atoms with van der Waals surface area (Å²) in [5, 5.41) is 6.20. The lowest BCUT2D eigenvalue weighted by atomic mass is 9.67. The molecular weight excluding hydrogens is 335 g/mol. The van der Waals surface area contributed by atoms with E-state index in [2.05, 4.69) is 15.6 Å². The minimum atomic E-state index is -4.43. The molecule has 1 saturated carbocycles. The highest BCUT2D eigenvalue weighted by atomic mass is 19.4. The van der Waals surface area contributed by atoms with Crippen LogP contribution in [0, 0.1) is 11.3 Å². The molecule has 2 atom stereocenters. The molecule has 0 aromatic carbocycles. The van der Waals surface area contributed by atoms with Crippen LogP contribution in [0.1, 0.15) is 31.2 Å². The summed E-state index contributed by atoms with van der Waals surface area (Å²) >= 11 is 0. The Balaban J connectivity index is 1.64. The summed E-state index contributed by atoms with van der Waals surface area (Å²) in [5.41, 5.74) is 0.0443. The number of rotatable bonds is 5. The smallest absolute Gasteiger partial charge is 0.422 e. The largest absolute Gasteiger partial charge is 0.468 e.